The van der Waals surface area contributed by atoms with E-state index in [-0.39, 0.29) is 6.42 Å². The third kappa shape index (κ3) is 7.85. The van der Waals surface area contributed by atoms with Crippen molar-refractivity contribution in [2.75, 3.05) is 19.6 Å². The molecule has 0 aliphatic rings. The Morgan fingerprint density at radius 3 is 2.21 bits per heavy atom. The van der Waals surface area contributed by atoms with Crippen LogP contribution in [0.2, 0.25) is 0 Å². The van der Waals surface area contributed by atoms with Gasteiger partial charge in [0.15, 0.2) is 0 Å². The van der Waals surface area contributed by atoms with E-state index in [1.165, 1.54) is 0 Å². The van der Waals surface area contributed by atoms with E-state index >= 15 is 0 Å². The monoisotopic (exact) mass is 274 g/mol. The van der Waals surface area contributed by atoms with Gasteiger partial charge in [-0.1, -0.05) is 30.3 Å². The average molecular weight is 274 g/mol. The first-order chi connectivity index (χ1) is 9.01. The molecule has 0 atom stereocenters. The Balaban J connectivity index is 2.42. The summed E-state index contributed by atoms with van der Waals surface area (Å²) in [7, 11) is 0. The molecule has 0 unspecified atom stereocenters. The molecule has 0 fully saturated rings. The molecule has 2 nitrogen and oxygen atoms in total. The predicted octanol–water partition coefficient (Wildman–Crippen LogP) is 3.18. The van der Waals surface area contributed by atoms with Crippen LogP contribution in [0.25, 0.3) is 0 Å². The fraction of sp³-hybridized carbons (Fsp3) is 0.571. The van der Waals surface area contributed by atoms with Gasteiger partial charge < -0.3 is 5.73 Å². The summed E-state index contributed by atoms with van der Waals surface area (Å²) in [4.78, 5) is 2.04. The van der Waals surface area contributed by atoms with Gasteiger partial charge in [0.2, 0.25) is 0 Å². The summed E-state index contributed by atoms with van der Waals surface area (Å²) in [5.41, 5.74) is 6.58. The van der Waals surface area contributed by atoms with E-state index in [9.17, 15) is 13.2 Å². The zero-order valence-electron chi connectivity index (χ0n) is 11.0. The molecule has 0 spiro atoms. The quantitative estimate of drug-likeness (QED) is 0.789. The van der Waals surface area contributed by atoms with E-state index in [0.717, 1.165) is 18.5 Å². The summed E-state index contributed by atoms with van der Waals surface area (Å²) in [5.74, 6) is 0. The van der Waals surface area contributed by atoms with Crippen LogP contribution in [0.1, 0.15) is 24.8 Å². The Bertz CT molecular complexity index is 338. The molecular weight excluding hydrogens is 253 g/mol. The number of rotatable bonds is 8. The third-order valence-corrected chi connectivity index (χ3v) is 2.86. The van der Waals surface area contributed by atoms with Crippen LogP contribution < -0.4 is 5.73 Å². The summed E-state index contributed by atoms with van der Waals surface area (Å²) in [5, 5.41) is 0. The number of alkyl halides is 3. The van der Waals surface area contributed by atoms with Crippen LogP contribution in [0.4, 0.5) is 13.2 Å². The molecule has 5 heteroatoms. The van der Waals surface area contributed by atoms with Crippen LogP contribution in [-0.4, -0.2) is 30.7 Å². The average Bonchev–Trinajstić information content (AvgIpc) is 2.35. The number of halogens is 3. The van der Waals surface area contributed by atoms with Crippen molar-refractivity contribution in [3.8, 4) is 0 Å². The number of benzene rings is 1. The first-order valence-corrected chi connectivity index (χ1v) is 6.54. The fourth-order valence-electron chi connectivity index (χ4n) is 1.93. The molecule has 0 saturated carbocycles. The topological polar surface area (TPSA) is 29.3 Å². The van der Waals surface area contributed by atoms with E-state index in [4.69, 9.17) is 5.73 Å². The van der Waals surface area contributed by atoms with Crippen molar-refractivity contribution in [3.63, 3.8) is 0 Å². The lowest BCUT2D eigenvalue weighted by atomic mass is 10.2. The smallest absolute Gasteiger partial charge is 0.330 e. The standard InChI is InChI=1S/C14H21F3N2/c15-14(16,17)8-4-10-19(11-5-9-18)12-13-6-2-1-3-7-13/h1-3,6-7H,4-5,8-12,18H2. The Labute approximate surface area is 112 Å². The van der Waals surface area contributed by atoms with Gasteiger partial charge in [-0.2, -0.15) is 13.2 Å². The molecule has 0 bridgehead atoms. The van der Waals surface area contributed by atoms with Crippen LogP contribution in [0.15, 0.2) is 30.3 Å². The van der Waals surface area contributed by atoms with Crippen LogP contribution in [-0.2, 0) is 6.54 Å². The molecule has 1 aromatic carbocycles. The number of nitrogens with two attached hydrogens (primary N) is 1. The van der Waals surface area contributed by atoms with Gasteiger partial charge in [-0.05, 0) is 38.0 Å². The maximum absolute atomic E-state index is 12.1. The molecule has 1 aromatic rings. The lowest BCUT2D eigenvalue weighted by molar-refractivity contribution is -0.136. The summed E-state index contributed by atoms with van der Waals surface area (Å²) in [6, 6.07) is 9.77. The van der Waals surface area contributed by atoms with E-state index in [2.05, 4.69) is 0 Å². The second-order valence-electron chi connectivity index (χ2n) is 4.62. The Kier molecular flexibility index (Phi) is 6.87. The first kappa shape index (κ1) is 16.0. The summed E-state index contributed by atoms with van der Waals surface area (Å²) in [6.07, 6.45) is -3.84. The van der Waals surface area contributed by atoms with Crippen molar-refractivity contribution in [2.45, 2.75) is 32.0 Å². The van der Waals surface area contributed by atoms with Crippen molar-refractivity contribution in [1.29, 1.82) is 0 Å². The van der Waals surface area contributed by atoms with Gasteiger partial charge in [-0.25, -0.2) is 0 Å². The summed E-state index contributed by atoms with van der Waals surface area (Å²) >= 11 is 0. The number of hydrogen-bond acceptors (Lipinski definition) is 2. The summed E-state index contributed by atoms with van der Waals surface area (Å²) in [6.45, 7) is 2.43. The third-order valence-electron chi connectivity index (χ3n) is 2.86. The molecule has 0 heterocycles. The molecule has 0 aliphatic heterocycles. The number of hydrogen-bond donors (Lipinski definition) is 1. The molecule has 1 rings (SSSR count). The zero-order valence-corrected chi connectivity index (χ0v) is 11.0. The van der Waals surface area contributed by atoms with Gasteiger partial charge in [-0.15, -0.1) is 0 Å². The molecule has 19 heavy (non-hydrogen) atoms. The van der Waals surface area contributed by atoms with Crippen LogP contribution >= 0.6 is 0 Å². The van der Waals surface area contributed by atoms with E-state index in [1.807, 2.05) is 35.2 Å². The second kappa shape index (κ2) is 8.17. The Morgan fingerprint density at radius 2 is 1.63 bits per heavy atom. The molecule has 108 valence electrons. The van der Waals surface area contributed by atoms with Crippen molar-refractivity contribution in [1.82, 2.24) is 4.90 Å². The minimum Gasteiger partial charge on any atom is -0.330 e. The van der Waals surface area contributed by atoms with Gasteiger partial charge in [0, 0.05) is 13.0 Å². The molecule has 0 saturated heterocycles. The Morgan fingerprint density at radius 1 is 1.00 bits per heavy atom. The highest BCUT2D eigenvalue weighted by Gasteiger charge is 2.26. The van der Waals surface area contributed by atoms with E-state index in [0.29, 0.717) is 19.6 Å². The largest absolute Gasteiger partial charge is 0.389 e. The van der Waals surface area contributed by atoms with Crippen molar-refractivity contribution >= 4 is 0 Å². The van der Waals surface area contributed by atoms with Gasteiger partial charge in [0.05, 0.1) is 0 Å². The first-order valence-electron chi connectivity index (χ1n) is 6.54. The lowest BCUT2D eigenvalue weighted by Crippen LogP contribution is -2.28. The summed E-state index contributed by atoms with van der Waals surface area (Å²) < 4.78 is 36.4. The van der Waals surface area contributed by atoms with Crippen LogP contribution in [0.3, 0.4) is 0 Å². The molecule has 0 aliphatic carbocycles. The van der Waals surface area contributed by atoms with Gasteiger partial charge in [0.25, 0.3) is 0 Å². The highest BCUT2D eigenvalue weighted by Crippen LogP contribution is 2.21. The highest BCUT2D eigenvalue weighted by molar-refractivity contribution is 5.14. The van der Waals surface area contributed by atoms with Gasteiger partial charge >= 0.3 is 6.18 Å². The minimum atomic E-state index is -4.06. The maximum Gasteiger partial charge on any atom is 0.389 e. The second-order valence-corrected chi connectivity index (χ2v) is 4.62. The normalized spacial score (nSPS) is 12.1. The molecule has 0 amide bonds. The van der Waals surface area contributed by atoms with E-state index < -0.39 is 12.6 Å². The molecule has 0 radical (unpaired) electrons. The molecular formula is C14H21F3N2. The van der Waals surface area contributed by atoms with Crippen molar-refractivity contribution < 1.29 is 13.2 Å². The lowest BCUT2D eigenvalue weighted by Gasteiger charge is -2.22. The fourth-order valence-corrected chi connectivity index (χ4v) is 1.93. The van der Waals surface area contributed by atoms with Crippen LogP contribution in [0.5, 0.6) is 0 Å². The zero-order chi connectivity index (χ0) is 14.1. The van der Waals surface area contributed by atoms with Crippen LogP contribution in [0, 0.1) is 0 Å². The Hall–Kier alpha value is -1.07. The van der Waals surface area contributed by atoms with Gasteiger partial charge in [-0.3, -0.25) is 4.90 Å². The number of nitrogens with zero attached hydrogens (tertiary/aromatic N) is 1. The predicted molar refractivity (Wildman–Crippen MR) is 70.7 cm³/mol. The molecule has 2 N–H and O–H groups in total. The van der Waals surface area contributed by atoms with Crippen molar-refractivity contribution in [2.24, 2.45) is 5.73 Å². The highest BCUT2D eigenvalue weighted by atomic mass is 19.4. The minimum absolute atomic E-state index is 0.140. The molecule has 0 aromatic heterocycles. The SMILES string of the molecule is NCCCN(CCCC(F)(F)F)Cc1ccccc1. The maximum atomic E-state index is 12.1. The van der Waals surface area contributed by atoms with Gasteiger partial charge in [0.1, 0.15) is 0 Å². The van der Waals surface area contributed by atoms with Crippen molar-refractivity contribution in [3.05, 3.63) is 35.9 Å². The van der Waals surface area contributed by atoms with E-state index in [1.54, 1.807) is 0 Å².